The standard InChI is InChI=1S/C17H31NO5/c1-8-9-10-11-13(18-14(19)22-16(2,3)4)12-21-15(20)23-17(5,6)7/h10-11,13H,8-9,12H2,1-7H3,(H,18,19)/b11-10+/t13-/m1/s1. The summed E-state index contributed by atoms with van der Waals surface area (Å²) in [6.07, 6.45) is 4.26. The summed E-state index contributed by atoms with van der Waals surface area (Å²) in [5.41, 5.74) is -1.21. The normalized spacial score (nSPS) is 13.5. The zero-order valence-corrected chi connectivity index (χ0v) is 15.4. The van der Waals surface area contributed by atoms with E-state index >= 15 is 0 Å². The van der Waals surface area contributed by atoms with E-state index in [0.29, 0.717) is 0 Å². The van der Waals surface area contributed by atoms with Crippen molar-refractivity contribution in [2.24, 2.45) is 0 Å². The molecule has 6 nitrogen and oxygen atoms in total. The fourth-order valence-electron chi connectivity index (χ4n) is 1.47. The lowest BCUT2D eigenvalue weighted by Gasteiger charge is -2.23. The third kappa shape index (κ3) is 13.7. The molecule has 0 fully saturated rings. The molecule has 0 aromatic heterocycles. The fraction of sp³-hybridized carbons (Fsp3) is 0.765. The minimum absolute atomic E-state index is 0.0195. The fourth-order valence-corrected chi connectivity index (χ4v) is 1.47. The Balaban J connectivity index is 4.57. The predicted octanol–water partition coefficient (Wildman–Crippen LogP) is 4.19. The van der Waals surface area contributed by atoms with Gasteiger partial charge in [0.25, 0.3) is 0 Å². The molecule has 0 aliphatic carbocycles. The van der Waals surface area contributed by atoms with Gasteiger partial charge in [-0.25, -0.2) is 9.59 Å². The maximum absolute atomic E-state index is 11.8. The van der Waals surface area contributed by atoms with E-state index in [1.54, 1.807) is 47.6 Å². The van der Waals surface area contributed by atoms with Crippen LogP contribution in [0.3, 0.4) is 0 Å². The highest BCUT2D eigenvalue weighted by molar-refractivity contribution is 5.68. The zero-order valence-electron chi connectivity index (χ0n) is 15.4. The van der Waals surface area contributed by atoms with Gasteiger partial charge in [0.1, 0.15) is 17.8 Å². The number of carbonyl (C=O) groups is 2. The van der Waals surface area contributed by atoms with E-state index in [1.807, 2.05) is 6.08 Å². The molecule has 1 atom stereocenters. The molecule has 0 saturated heterocycles. The lowest BCUT2D eigenvalue weighted by Crippen LogP contribution is -2.41. The van der Waals surface area contributed by atoms with Crippen molar-refractivity contribution in [3.05, 3.63) is 12.2 Å². The van der Waals surface area contributed by atoms with E-state index in [-0.39, 0.29) is 6.61 Å². The lowest BCUT2D eigenvalue weighted by atomic mass is 10.2. The van der Waals surface area contributed by atoms with Gasteiger partial charge in [-0.1, -0.05) is 25.5 Å². The summed E-state index contributed by atoms with van der Waals surface area (Å²) in [5, 5.41) is 2.67. The summed E-state index contributed by atoms with van der Waals surface area (Å²) >= 11 is 0. The number of carbonyl (C=O) groups excluding carboxylic acids is 2. The van der Waals surface area contributed by atoms with E-state index in [9.17, 15) is 9.59 Å². The molecule has 0 saturated carbocycles. The summed E-state index contributed by atoms with van der Waals surface area (Å²) in [7, 11) is 0. The maximum atomic E-state index is 11.8. The second kappa shape index (κ2) is 9.43. The molecular formula is C17H31NO5. The molecule has 0 bridgehead atoms. The summed E-state index contributed by atoms with van der Waals surface area (Å²) in [5.74, 6) is 0. The third-order valence-electron chi connectivity index (χ3n) is 2.30. The van der Waals surface area contributed by atoms with E-state index < -0.39 is 29.5 Å². The van der Waals surface area contributed by atoms with Crippen molar-refractivity contribution in [1.29, 1.82) is 0 Å². The van der Waals surface area contributed by atoms with Crippen LogP contribution in [0.1, 0.15) is 61.3 Å². The van der Waals surface area contributed by atoms with Crippen LogP contribution in [0.15, 0.2) is 12.2 Å². The maximum Gasteiger partial charge on any atom is 0.508 e. The number of allylic oxidation sites excluding steroid dienone is 1. The average molecular weight is 329 g/mol. The Kier molecular flexibility index (Phi) is 8.72. The molecule has 1 N–H and O–H groups in total. The second-order valence-electron chi connectivity index (χ2n) is 7.24. The molecule has 0 aromatic rings. The summed E-state index contributed by atoms with van der Waals surface area (Å²) in [4.78, 5) is 23.4. The van der Waals surface area contributed by atoms with E-state index in [4.69, 9.17) is 14.2 Å². The molecule has 0 radical (unpaired) electrons. The molecule has 134 valence electrons. The Morgan fingerprint density at radius 2 is 1.61 bits per heavy atom. The smallest absolute Gasteiger partial charge is 0.444 e. The molecule has 0 aliphatic rings. The van der Waals surface area contributed by atoms with Gasteiger partial charge < -0.3 is 19.5 Å². The van der Waals surface area contributed by atoms with Crippen LogP contribution >= 0.6 is 0 Å². The topological polar surface area (TPSA) is 73.9 Å². The highest BCUT2D eigenvalue weighted by atomic mass is 16.7. The number of hydrogen-bond acceptors (Lipinski definition) is 5. The van der Waals surface area contributed by atoms with E-state index in [1.165, 1.54) is 0 Å². The van der Waals surface area contributed by atoms with Crippen molar-refractivity contribution < 1.29 is 23.8 Å². The van der Waals surface area contributed by atoms with Crippen LogP contribution in [0.4, 0.5) is 9.59 Å². The lowest BCUT2D eigenvalue weighted by molar-refractivity contribution is -0.0101. The van der Waals surface area contributed by atoms with Gasteiger partial charge in [0.2, 0.25) is 0 Å². The number of hydrogen-bond donors (Lipinski definition) is 1. The Morgan fingerprint density at radius 3 is 2.09 bits per heavy atom. The number of alkyl carbamates (subject to hydrolysis) is 1. The van der Waals surface area contributed by atoms with Crippen LogP contribution in [0.2, 0.25) is 0 Å². The average Bonchev–Trinajstić information content (AvgIpc) is 2.31. The number of nitrogens with one attached hydrogen (secondary N) is 1. The van der Waals surface area contributed by atoms with Gasteiger partial charge in [-0.05, 0) is 48.0 Å². The molecule has 0 heterocycles. The second-order valence-corrected chi connectivity index (χ2v) is 7.24. The van der Waals surface area contributed by atoms with Crippen LogP contribution in [0.25, 0.3) is 0 Å². The van der Waals surface area contributed by atoms with Crippen LogP contribution in [-0.2, 0) is 14.2 Å². The Bertz CT molecular complexity index is 404. The minimum Gasteiger partial charge on any atom is -0.444 e. The van der Waals surface area contributed by atoms with Gasteiger partial charge in [0, 0.05) is 0 Å². The van der Waals surface area contributed by atoms with Crippen LogP contribution in [0.5, 0.6) is 0 Å². The van der Waals surface area contributed by atoms with Crippen LogP contribution in [0, 0.1) is 0 Å². The third-order valence-corrected chi connectivity index (χ3v) is 2.30. The van der Waals surface area contributed by atoms with Crippen molar-refractivity contribution in [2.45, 2.75) is 78.6 Å². The van der Waals surface area contributed by atoms with Gasteiger partial charge in [0.15, 0.2) is 0 Å². The molecule has 0 rings (SSSR count). The highest BCUT2D eigenvalue weighted by Gasteiger charge is 2.21. The van der Waals surface area contributed by atoms with Crippen molar-refractivity contribution in [1.82, 2.24) is 5.32 Å². The summed E-state index contributed by atoms with van der Waals surface area (Å²) < 4.78 is 15.3. The summed E-state index contributed by atoms with van der Waals surface area (Å²) in [6.45, 7) is 12.7. The molecule has 0 unspecified atom stereocenters. The monoisotopic (exact) mass is 329 g/mol. The molecule has 0 aliphatic heterocycles. The SMILES string of the molecule is CCC/C=C/[C@H](COC(=O)OC(C)(C)C)NC(=O)OC(C)(C)C. The van der Waals surface area contributed by atoms with Crippen LogP contribution < -0.4 is 5.32 Å². The first-order valence-electron chi connectivity index (χ1n) is 7.95. The van der Waals surface area contributed by atoms with Gasteiger partial charge in [-0.3, -0.25) is 0 Å². The first-order chi connectivity index (χ1) is 10.4. The Morgan fingerprint density at radius 1 is 1.04 bits per heavy atom. The van der Waals surface area contributed by atoms with Crippen molar-refractivity contribution in [2.75, 3.05) is 6.61 Å². The molecule has 23 heavy (non-hydrogen) atoms. The molecule has 6 heteroatoms. The van der Waals surface area contributed by atoms with Gasteiger partial charge >= 0.3 is 12.2 Å². The van der Waals surface area contributed by atoms with Gasteiger partial charge in [0.05, 0.1) is 6.04 Å². The number of unbranched alkanes of at least 4 members (excludes halogenated alkanes) is 1. The molecule has 0 aromatic carbocycles. The van der Waals surface area contributed by atoms with E-state index in [0.717, 1.165) is 12.8 Å². The van der Waals surface area contributed by atoms with Crippen molar-refractivity contribution >= 4 is 12.2 Å². The van der Waals surface area contributed by atoms with Crippen LogP contribution in [-0.4, -0.2) is 36.1 Å². The van der Waals surface area contributed by atoms with Crippen molar-refractivity contribution in [3.8, 4) is 0 Å². The molecule has 1 amide bonds. The highest BCUT2D eigenvalue weighted by Crippen LogP contribution is 2.09. The minimum atomic E-state index is -0.766. The Hall–Kier alpha value is -1.72. The Labute approximate surface area is 139 Å². The molecule has 0 spiro atoms. The van der Waals surface area contributed by atoms with Gasteiger partial charge in [-0.15, -0.1) is 0 Å². The van der Waals surface area contributed by atoms with Crippen molar-refractivity contribution in [3.63, 3.8) is 0 Å². The number of amides is 1. The predicted molar refractivity (Wildman–Crippen MR) is 89.4 cm³/mol. The summed E-state index contributed by atoms with van der Waals surface area (Å²) in [6, 6.07) is -0.469. The first-order valence-corrected chi connectivity index (χ1v) is 7.95. The largest absolute Gasteiger partial charge is 0.508 e. The molecular weight excluding hydrogens is 298 g/mol. The van der Waals surface area contributed by atoms with E-state index in [2.05, 4.69) is 12.2 Å². The number of ether oxygens (including phenoxy) is 3. The first kappa shape index (κ1) is 21.3. The van der Waals surface area contributed by atoms with Gasteiger partial charge in [-0.2, -0.15) is 0 Å². The zero-order chi connectivity index (χ0) is 18.1. The number of rotatable bonds is 6. The quantitative estimate of drug-likeness (QED) is 0.584.